The lowest BCUT2D eigenvalue weighted by Gasteiger charge is -2.12. The number of halogens is 1. The largest absolute Gasteiger partial charge is 0.292 e. The molecule has 21 heavy (non-hydrogen) atoms. The Morgan fingerprint density at radius 1 is 1.29 bits per heavy atom. The van der Waals surface area contributed by atoms with Gasteiger partial charge >= 0.3 is 0 Å². The second-order valence-electron chi connectivity index (χ2n) is 6.03. The van der Waals surface area contributed by atoms with Gasteiger partial charge in [-0.3, -0.25) is 9.36 Å². The second-order valence-corrected chi connectivity index (χ2v) is 6.42. The molecule has 0 spiro atoms. The third-order valence-electron chi connectivity index (χ3n) is 3.94. The molecule has 1 heterocycles. The van der Waals surface area contributed by atoms with Gasteiger partial charge in [-0.15, -0.1) is 0 Å². The molecule has 4 heteroatoms. The van der Waals surface area contributed by atoms with E-state index in [9.17, 15) is 4.79 Å². The SMILES string of the molecule is CC(C)c1ccc(Cn2c(C3CC3)nc(Cl)cc2=O)cc1. The number of rotatable bonds is 4. The molecule has 0 atom stereocenters. The number of hydrogen-bond acceptors (Lipinski definition) is 2. The minimum absolute atomic E-state index is 0.0650. The molecule has 1 aliphatic carbocycles. The standard InChI is InChI=1S/C17H19ClN2O/c1-11(2)13-5-3-12(4-6-13)10-20-16(21)9-15(18)19-17(20)14-7-8-14/h3-6,9,11,14H,7-8,10H2,1-2H3. The molecule has 3 rings (SSSR count). The lowest BCUT2D eigenvalue weighted by molar-refractivity contribution is 0.669. The Morgan fingerprint density at radius 3 is 2.52 bits per heavy atom. The van der Waals surface area contributed by atoms with Crippen LogP contribution in [0.3, 0.4) is 0 Å². The minimum atomic E-state index is -0.0650. The predicted octanol–water partition coefficient (Wildman–Crippen LogP) is 3.95. The molecule has 1 aliphatic rings. The van der Waals surface area contributed by atoms with E-state index < -0.39 is 0 Å². The predicted molar refractivity (Wildman–Crippen MR) is 85.1 cm³/mol. The number of benzene rings is 1. The highest BCUT2D eigenvalue weighted by Crippen LogP contribution is 2.38. The molecular formula is C17H19ClN2O. The fourth-order valence-corrected chi connectivity index (χ4v) is 2.68. The second kappa shape index (κ2) is 5.64. The molecule has 1 aromatic carbocycles. The van der Waals surface area contributed by atoms with Crippen LogP contribution in [0, 0.1) is 0 Å². The van der Waals surface area contributed by atoms with Crippen molar-refractivity contribution in [3.8, 4) is 0 Å². The van der Waals surface area contributed by atoms with Crippen molar-refractivity contribution < 1.29 is 0 Å². The van der Waals surface area contributed by atoms with Gasteiger partial charge in [0.2, 0.25) is 0 Å². The van der Waals surface area contributed by atoms with Crippen LogP contribution >= 0.6 is 11.6 Å². The van der Waals surface area contributed by atoms with Gasteiger partial charge in [0, 0.05) is 12.0 Å². The summed E-state index contributed by atoms with van der Waals surface area (Å²) in [5, 5.41) is 0.299. The zero-order valence-corrected chi connectivity index (χ0v) is 13.1. The van der Waals surface area contributed by atoms with E-state index in [2.05, 4.69) is 43.1 Å². The zero-order valence-electron chi connectivity index (χ0n) is 12.3. The van der Waals surface area contributed by atoms with E-state index in [0.717, 1.165) is 24.2 Å². The Labute approximate surface area is 129 Å². The average Bonchev–Trinajstić information content (AvgIpc) is 3.26. The van der Waals surface area contributed by atoms with Crippen LogP contribution in [0.5, 0.6) is 0 Å². The highest BCUT2D eigenvalue weighted by molar-refractivity contribution is 6.29. The highest BCUT2D eigenvalue weighted by Gasteiger charge is 2.28. The van der Waals surface area contributed by atoms with Crippen LogP contribution in [0.4, 0.5) is 0 Å². The van der Waals surface area contributed by atoms with E-state index in [-0.39, 0.29) is 5.56 Å². The number of nitrogens with zero attached hydrogens (tertiary/aromatic N) is 2. The maximum Gasteiger partial charge on any atom is 0.255 e. The van der Waals surface area contributed by atoms with E-state index in [4.69, 9.17) is 11.6 Å². The smallest absolute Gasteiger partial charge is 0.255 e. The van der Waals surface area contributed by atoms with Crippen molar-refractivity contribution in [1.82, 2.24) is 9.55 Å². The van der Waals surface area contributed by atoms with Gasteiger partial charge in [0.05, 0.1) is 6.54 Å². The topological polar surface area (TPSA) is 34.9 Å². The third kappa shape index (κ3) is 3.18. The monoisotopic (exact) mass is 302 g/mol. The van der Waals surface area contributed by atoms with Gasteiger partial charge in [0.25, 0.3) is 5.56 Å². The van der Waals surface area contributed by atoms with E-state index in [0.29, 0.717) is 23.5 Å². The Hall–Kier alpha value is -1.61. The molecule has 0 radical (unpaired) electrons. The molecule has 1 fully saturated rings. The molecule has 0 aliphatic heterocycles. The van der Waals surface area contributed by atoms with Gasteiger partial charge in [-0.1, -0.05) is 49.7 Å². The third-order valence-corrected chi connectivity index (χ3v) is 4.13. The summed E-state index contributed by atoms with van der Waals surface area (Å²) in [6, 6.07) is 9.84. The van der Waals surface area contributed by atoms with Gasteiger partial charge in [0.15, 0.2) is 0 Å². The first-order chi connectivity index (χ1) is 10.0. The average molecular weight is 303 g/mol. The summed E-state index contributed by atoms with van der Waals surface area (Å²) in [7, 11) is 0. The molecule has 0 unspecified atom stereocenters. The summed E-state index contributed by atoms with van der Waals surface area (Å²) < 4.78 is 1.76. The first kappa shape index (κ1) is 14.3. The summed E-state index contributed by atoms with van der Waals surface area (Å²) in [5.41, 5.74) is 2.36. The first-order valence-electron chi connectivity index (χ1n) is 7.40. The molecular weight excluding hydrogens is 284 g/mol. The zero-order chi connectivity index (χ0) is 15.0. The van der Waals surface area contributed by atoms with Crippen molar-refractivity contribution in [1.29, 1.82) is 0 Å². The molecule has 110 valence electrons. The van der Waals surface area contributed by atoms with Gasteiger partial charge in [-0.25, -0.2) is 4.98 Å². The van der Waals surface area contributed by atoms with Crippen LogP contribution in [0.15, 0.2) is 35.1 Å². The van der Waals surface area contributed by atoms with Crippen LogP contribution < -0.4 is 5.56 Å². The van der Waals surface area contributed by atoms with Crippen LogP contribution in [0.1, 0.15) is 55.5 Å². The molecule has 0 bridgehead atoms. The Kier molecular flexibility index (Phi) is 3.85. The van der Waals surface area contributed by atoms with Crippen molar-refractivity contribution in [3.05, 3.63) is 62.8 Å². The number of aromatic nitrogens is 2. The van der Waals surface area contributed by atoms with Gasteiger partial charge < -0.3 is 0 Å². The van der Waals surface area contributed by atoms with Gasteiger partial charge in [0.1, 0.15) is 11.0 Å². The summed E-state index contributed by atoms with van der Waals surface area (Å²) in [5.74, 6) is 1.74. The van der Waals surface area contributed by atoms with E-state index in [1.54, 1.807) is 4.57 Å². The quantitative estimate of drug-likeness (QED) is 0.802. The molecule has 1 saturated carbocycles. The minimum Gasteiger partial charge on any atom is -0.292 e. The number of hydrogen-bond donors (Lipinski definition) is 0. The van der Waals surface area contributed by atoms with Crippen molar-refractivity contribution in [3.63, 3.8) is 0 Å². The first-order valence-corrected chi connectivity index (χ1v) is 7.78. The molecule has 0 N–H and O–H groups in total. The van der Waals surface area contributed by atoms with Crippen molar-refractivity contribution in [2.75, 3.05) is 0 Å². The summed E-state index contributed by atoms with van der Waals surface area (Å²) in [4.78, 5) is 16.6. The highest BCUT2D eigenvalue weighted by atomic mass is 35.5. The van der Waals surface area contributed by atoms with Crippen LogP contribution in [0.25, 0.3) is 0 Å². The van der Waals surface area contributed by atoms with Gasteiger partial charge in [-0.05, 0) is 29.9 Å². The van der Waals surface area contributed by atoms with E-state index in [1.807, 2.05) is 0 Å². The van der Waals surface area contributed by atoms with E-state index >= 15 is 0 Å². The van der Waals surface area contributed by atoms with E-state index in [1.165, 1.54) is 11.6 Å². The molecule has 0 amide bonds. The Morgan fingerprint density at radius 2 is 1.95 bits per heavy atom. The van der Waals surface area contributed by atoms with Crippen molar-refractivity contribution in [2.45, 2.75) is 45.1 Å². The van der Waals surface area contributed by atoms with Crippen LogP contribution in [-0.2, 0) is 6.54 Å². The fraction of sp³-hybridized carbons (Fsp3) is 0.412. The Balaban J connectivity index is 1.92. The normalized spacial score (nSPS) is 14.7. The Bertz CT molecular complexity index is 700. The maximum atomic E-state index is 12.2. The molecule has 0 saturated heterocycles. The van der Waals surface area contributed by atoms with Gasteiger partial charge in [-0.2, -0.15) is 0 Å². The summed E-state index contributed by atoms with van der Waals surface area (Å²) in [6.07, 6.45) is 2.19. The lowest BCUT2D eigenvalue weighted by atomic mass is 10.0. The van der Waals surface area contributed by atoms with Crippen LogP contribution in [-0.4, -0.2) is 9.55 Å². The van der Waals surface area contributed by atoms with Crippen molar-refractivity contribution in [2.24, 2.45) is 0 Å². The molecule has 3 nitrogen and oxygen atoms in total. The summed E-state index contributed by atoms with van der Waals surface area (Å²) >= 11 is 5.93. The summed E-state index contributed by atoms with van der Waals surface area (Å²) in [6.45, 7) is 4.91. The van der Waals surface area contributed by atoms with Crippen LogP contribution in [0.2, 0.25) is 5.15 Å². The maximum absolute atomic E-state index is 12.2. The lowest BCUT2D eigenvalue weighted by Crippen LogP contribution is -2.24. The molecule has 1 aromatic heterocycles. The fourth-order valence-electron chi connectivity index (χ4n) is 2.50. The van der Waals surface area contributed by atoms with Crippen molar-refractivity contribution >= 4 is 11.6 Å². The molecule has 2 aromatic rings.